The van der Waals surface area contributed by atoms with Crippen LogP contribution in [0.3, 0.4) is 0 Å². The number of carbonyl (C=O) groups is 2. The molecule has 35 heavy (non-hydrogen) atoms. The number of hydrogen-bond acceptors (Lipinski definition) is 5. The SMILES string of the molecule is O=C(C1CC1)N1CC[C@@H](CN2C(=O)C3(CNC3)N=C2c2ccc(-c3ccc4occc4c3)cc2)C1. The number of amidine groups is 1. The predicted molar refractivity (Wildman–Crippen MR) is 133 cm³/mol. The first-order valence-electron chi connectivity index (χ1n) is 12.6. The second-order valence-electron chi connectivity index (χ2n) is 10.5. The number of hydrogen-bond donors (Lipinski definition) is 1. The molecule has 1 aliphatic carbocycles. The number of carbonyl (C=O) groups excluding carboxylic acids is 2. The maximum absolute atomic E-state index is 13.5. The Kier molecular flexibility index (Phi) is 4.64. The van der Waals surface area contributed by atoms with E-state index in [0.29, 0.717) is 25.5 Å². The van der Waals surface area contributed by atoms with Crippen LogP contribution in [0, 0.1) is 11.8 Å². The van der Waals surface area contributed by atoms with Gasteiger partial charge in [-0.15, -0.1) is 0 Å². The van der Waals surface area contributed by atoms with Gasteiger partial charge in [-0.3, -0.25) is 14.5 Å². The zero-order valence-corrected chi connectivity index (χ0v) is 19.6. The largest absolute Gasteiger partial charge is 0.464 e. The molecule has 178 valence electrons. The van der Waals surface area contributed by atoms with Gasteiger partial charge in [-0.1, -0.05) is 30.3 Å². The summed E-state index contributed by atoms with van der Waals surface area (Å²) in [7, 11) is 0. The maximum atomic E-state index is 13.5. The van der Waals surface area contributed by atoms with E-state index in [1.807, 2.05) is 21.9 Å². The van der Waals surface area contributed by atoms with Gasteiger partial charge in [0.25, 0.3) is 5.91 Å². The summed E-state index contributed by atoms with van der Waals surface area (Å²) in [4.78, 5) is 34.9. The average molecular weight is 469 g/mol. The van der Waals surface area contributed by atoms with E-state index in [9.17, 15) is 9.59 Å². The molecule has 0 bridgehead atoms. The van der Waals surface area contributed by atoms with Gasteiger partial charge in [-0.2, -0.15) is 0 Å². The molecule has 1 atom stereocenters. The van der Waals surface area contributed by atoms with Gasteiger partial charge >= 0.3 is 0 Å². The third-order valence-electron chi connectivity index (χ3n) is 7.95. The Bertz CT molecular complexity index is 1350. The monoisotopic (exact) mass is 468 g/mol. The van der Waals surface area contributed by atoms with Crippen molar-refractivity contribution in [3.63, 3.8) is 0 Å². The standard InChI is InChI=1S/C28H28N4O3/c33-26(21-5-6-21)31-11-9-18(14-31)15-32-25(30-28(27(32)34)16-29-17-28)20-3-1-19(2-4-20)22-7-8-24-23(13-22)10-12-35-24/h1-4,7-8,10,12-13,18,21,29H,5-6,9,11,14-17H2/t18-/m1/s1. The van der Waals surface area contributed by atoms with Gasteiger partial charge in [0.1, 0.15) is 11.4 Å². The molecule has 4 aliphatic rings. The Labute approximate surface area is 203 Å². The third-order valence-corrected chi connectivity index (χ3v) is 7.95. The summed E-state index contributed by atoms with van der Waals surface area (Å²) in [6, 6.07) is 16.5. The van der Waals surface area contributed by atoms with Crippen molar-refractivity contribution in [2.24, 2.45) is 16.8 Å². The summed E-state index contributed by atoms with van der Waals surface area (Å²) in [5, 5.41) is 4.31. The van der Waals surface area contributed by atoms with Crippen LogP contribution in [0.25, 0.3) is 22.1 Å². The van der Waals surface area contributed by atoms with E-state index in [0.717, 1.165) is 65.8 Å². The second kappa shape index (κ2) is 7.78. The minimum Gasteiger partial charge on any atom is -0.464 e. The first-order chi connectivity index (χ1) is 17.1. The fraction of sp³-hybridized carbons (Fsp3) is 0.393. The van der Waals surface area contributed by atoms with Crippen LogP contribution in [-0.2, 0) is 9.59 Å². The molecule has 2 aromatic carbocycles. The van der Waals surface area contributed by atoms with Gasteiger partial charge in [-0.25, -0.2) is 4.99 Å². The lowest BCUT2D eigenvalue weighted by Gasteiger charge is -2.35. The normalized spacial score (nSPS) is 23.3. The van der Waals surface area contributed by atoms with Crippen LogP contribution >= 0.6 is 0 Å². The summed E-state index contributed by atoms with van der Waals surface area (Å²) in [6.07, 6.45) is 4.71. The highest BCUT2D eigenvalue weighted by Gasteiger charge is 2.53. The Morgan fingerprint density at radius 1 is 1.03 bits per heavy atom. The first-order valence-corrected chi connectivity index (χ1v) is 12.6. The molecule has 1 N–H and O–H groups in total. The van der Waals surface area contributed by atoms with Crippen LogP contribution in [0.1, 0.15) is 24.8 Å². The second-order valence-corrected chi connectivity index (χ2v) is 10.5. The molecule has 3 fully saturated rings. The molecular formula is C28H28N4O3. The van der Waals surface area contributed by atoms with Crippen LogP contribution in [-0.4, -0.2) is 65.7 Å². The van der Waals surface area contributed by atoms with Crippen molar-refractivity contribution in [1.29, 1.82) is 0 Å². The number of rotatable bonds is 5. The zero-order valence-electron chi connectivity index (χ0n) is 19.6. The lowest BCUT2D eigenvalue weighted by atomic mass is 9.92. The van der Waals surface area contributed by atoms with Crippen molar-refractivity contribution in [1.82, 2.24) is 15.1 Å². The molecule has 1 aromatic heterocycles. The molecule has 4 heterocycles. The molecule has 0 unspecified atom stereocenters. The Balaban J connectivity index is 1.13. The Morgan fingerprint density at radius 3 is 2.54 bits per heavy atom. The van der Waals surface area contributed by atoms with Crippen molar-refractivity contribution < 1.29 is 14.0 Å². The smallest absolute Gasteiger partial charge is 0.258 e. The summed E-state index contributed by atoms with van der Waals surface area (Å²) in [5.41, 5.74) is 3.40. The van der Waals surface area contributed by atoms with Crippen molar-refractivity contribution in [3.05, 3.63) is 60.4 Å². The average Bonchev–Trinajstić information content (AvgIpc) is 3.29. The molecule has 7 nitrogen and oxygen atoms in total. The van der Waals surface area contributed by atoms with E-state index >= 15 is 0 Å². The summed E-state index contributed by atoms with van der Waals surface area (Å²) in [6.45, 7) is 3.34. The van der Waals surface area contributed by atoms with Crippen molar-refractivity contribution >= 4 is 28.6 Å². The van der Waals surface area contributed by atoms with Crippen LogP contribution in [0.5, 0.6) is 0 Å². The molecule has 7 rings (SSSR count). The molecule has 3 aromatic rings. The summed E-state index contributed by atoms with van der Waals surface area (Å²) >= 11 is 0. The molecule has 3 aliphatic heterocycles. The van der Waals surface area contributed by atoms with E-state index in [-0.39, 0.29) is 17.7 Å². The van der Waals surface area contributed by atoms with Crippen LogP contribution in [0.2, 0.25) is 0 Å². The number of aliphatic imine (C=N–C) groups is 1. The fourth-order valence-corrected chi connectivity index (χ4v) is 5.63. The predicted octanol–water partition coefficient (Wildman–Crippen LogP) is 3.29. The molecule has 2 amide bonds. The summed E-state index contributed by atoms with van der Waals surface area (Å²) < 4.78 is 5.46. The maximum Gasteiger partial charge on any atom is 0.258 e. The Morgan fingerprint density at radius 2 is 1.80 bits per heavy atom. The minimum absolute atomic E-state index is 0.0905. The quantitative estimate of drug-likeness (QED) is 0.623. The zero-order chi connectivity index (χ0) is 23.6. The van der Waals surface area contributed by atoms with Gasteiger partial charge in [0.05, 0.1) is 6.26 Å². The topological polar surface area (TPSA) is 78.2 Å². The molecule has 0 radical (unpaired) electrons. The molecule has 2 saturated heterocycles. The number of benzene rings is 2. The number of likely N-dealkylation sites (tertiary alicyclic amines) is 1. The van der Waals surface area contributed by atoms with Gasteiger partial charge < -0.3 is 14.6 Å². The lowest BCUT2D eigenvalue weighted by molar-refractivity contribution is -0.133. The highest BCUT2D eigenvalue weighted by molar-refractivity contribution is 6.16. The van der Waals surface area contributed by atoms with Gasteiger partial charge in [0.15, 0.2) is 5.54 Å². The minimum atomic E-state index is -0.664. The highest BCUT2D eigenvalue weighted by atomic mass is 16.3. The van der Waals surface area contributed by atoms with Crippen LogP contribution in [0.15, 0.2) is 64.2 Å². The lowest BCUT2D eigenvalue weighted by Crippen LogP contribution is -2.63. The third kappa shape index (κ3) is 3.48. The van der Waals surface area contributed by atoms with Crippen LogP contribution < -0.4 is 5.32 Å². The number of nitrogens with one attached hydrogen (secondary N) is 1. The van der Waals surface area contributed by atoms with Crippen molar-refractivity contribution in [2.45, 2.75) is 24.8 Å². The van der Waals surface area contributed by atoms with Crippen LogP contribution in [0.4, 0.5) is 0 Å². The van der Waals surface area contributed by atoms with Crippen molar-refractivity contribution in [3.8, 4) is 11.1 Å². The van der Waals surface area contributed by atoms with E-state index in [2.05, 4.69) is 41.7 Å². The highest BCUT2D eigenvalue weighted by Crippen LogP contribution is 2.35. The van der Waals surface area contributed by atoms with E-state index < -0.39 is 5.54 Å². The number of furan rings is 1. The molecule has 7 heteroatoms. The number of fused-ring (bicyclic) bond motifs is 1. The van der Waals surface area contributed by atoms with Gasteiger partial charge in [0, 0.05) is 49.6 Å². The Hall–Kier alpha value is -3.45. The first kappa shape index (κ1) is 20.9. The molecule has 1 saturated carbocycles. The van der Waals surface area contributed by atoms with E-state index in [1.54, 1.807) is 6.26 Å². The van der Waals surface area contributed by atoms with Gasteiger partial charge in [-0.05, 0) is 54.5 Å². The van der Waals surface area contributed by atoms with E-state index in [4.69, 9.17) is 9.41 Å². The fourth-order valence-electron chi connectivity index (χ4n) is 5.63. The number of nitrogens with zero attached hydrogens (tertiary/aromatic N) is 3. The number of amides is 2. The van der Waals surface area contributed by atoms with Gasteiger partial charge in [0.2, 0.25) is 5.91 Å². The van der Waals surface area contributed by atoms with E-state index in [1.165, 1.54) is 0 Å². The summed E-state index contributed by atoms with van der Waals surface area (Å²) in [5.74, 6) is 1.69. The molecular weight excluding hydrogens is 440 g/mol. The molecule has 1 spiro atoms. The van der Waals surface area contributed by atoms with Crippen molar-refractivity contribution in [2.75, 3.05) is 32.7 Å².